The van der Waals surface area contributed by atoms with E-state index in [0.29, 0.717) is 11.5 Å². The molecule has 0 amide bonds. The molecule has 0 heterocycles. The molecule has 1 rings (SSSR count). The van der Waals surface area contributed by atoms with Crippen LogP contribution in [0.25, 0.3) is 0 Å². The number of nitrogens with zero attached hydrogens (tertiary/aromatic N) is 1. The number of phenolic OH excluding ortho intramolecular Hbond substituents is 1. The first kappa shape index (κ1) is 9.60. The van der Waals surface area contributed by atoms with Crippen LogP contribution in [0.5, 0.6) is 5.75 Å². The Morgan fingerprint density at radius 1 is 1.54 bits per heavy atom. The fourth-order valence-electron chi connectivity index (χ4n) is 1.27. The molecule has 0 bridgehead atoms. The van der Waals surface area contributed by atoms with Gasteiger partial charge in [-0.05, 0) is 24.0 Å². The van der Waals surface area contributed by atoms with E-state index >= 15 is 0 Å². The van der Waals surface area contributed by atoms with Crippen molar-refractivity contribution in [1.29, 1.82) is 5.26 Å². The molecule has 0 aliphatic heterocycles. The summed E-state index contributed by atoms with van der Waals surface area (Å²) in [5.74, 6) is 0.438. The molecule has 1 N–H and O–H groups in total. The number of phenols is 1. The summed E-state index contributed by atoms with van der Waals surface area (Å²) in [6.45, 7) is 4.10. The summed E-state index contributed by atoms with van der Waals surface area (Å²) < 4.78 is 0. The molecular formula is C11H13NO. The largest absolute Gasteiger partial charge is 0.506 e. The van der Waals surface area contributed by atoms with E-state index in [1.54, 1.807) is 12.1 Å². The van der Waals surface area contributed by atoms with Crippen LogP contribution in [0.2, 0.25) is 0 Å². The molecule has 1 aromatic carbocycles. The first-order valence-corrected chi connectivity index (χ1v) is 4.42. The van der Waals surface area contributed by atoms with Crippen LogP contribution in [0.15, 0.2) is 18.2 Å². The molecule has 0 aliphatic rings. The van der Waals surface area contributed by atoms with Gasteiger partial charge in [0.1, 0.15) is 11.8 Å². The van der Waals surface area contributed by atoms with E-state index in [-0.39, 0.29) is 5.75 Å². The molecule has 0 spiro atoms. The Kier molecular flexibility index (Phi) is 2.92. The molecular weight excluding hydrogens is 162 g/mol. The second kappa shape index (κ2) is 3.95. The maximum atomic E-state index is 9.67. The van der Waals surface area contributed by atoms with Crippen molar-refractivity contribution >= 4 is 0 Å². The summed E-state index contributed by atoms with van der Waals surface area (Å²) in [5, 5.41) is 18.4. The Bertz CT molecular complexity index is 338. The zero-order valence-electron chi connectivity index (χ0n) is 7.91. The van der Waals surface area contributed by atoms with Gasteiger partial charge in [0.25, 0.3) is 0 Å². The third-order valence-corrected chi connectivity index (χ3v) is 2.33. The standard InChI is InChI=1S/C11H13NO/c1-3-8(2)10-6-4-5-9(7-12)11(10)13/h4-6,8,13H,3H2,1-2H3. The monoisotopic (exact) mass is 175 g/mol. The van der Waals surface area contributed by atoms with Gasteiger partial charge in [0.15, 0.2) is 0 Å². The van der Waals surface area contributed by atoms with Crippen molar-refractivity contribution in [2.45, 2.75) is 26.2 Å². The number of para-hydroxylation sites is 1. The van der Waals surface area contributed by atoms with Crippen LogP contribution in [-0.2, 0) is 0 Å². The van der Waals surface area contributed by atoms with Gasteiger partial charge < -0.3 is 5.11 Å². The normalized spacial score (nSPS) is 12.1. The van der Waals surface area contributed by atoms with E-state index in [1.807, 2.05) is 19.1 Å². The smallest absolute Gasteiger partial charge is 0.136 e. The highest BCUT2D eigenvalue weighted by atomic mass is 16.3. The Balaban J connectivity index is 3.17. The predicted octanol–water partition coefficient (Wildman–Crippen LogP) is 2.78. The Labute approximate surface area is 78.4 Å². The summed E-state index contributed by atoms with van der Waals surface area (Å²) >= 11 is 0. The number of benzene rings is 1. The summed E-state index contributed by atoms with van der Waals surface area (Å²) in [5.41, 5.74) is 1.22. The minimum Gasteiger partial charge on any atom is -0.506 e. The van der Waals surface area contributed by atoms with Gasteiger partial charge in [0.2, 0.25) is 0 Å². The minimum atomic E-state index is 0.138. The summed E-state index contributed by atoms with van der Waals surface area (Å²) in [4.78, 5) is 0. The van der Waals surface area contributed by atoms with Crippen LogP contribution < -0.4 is 0 Å². The fourth-order valence-corrected chi connectivity index (χ4v) is 1.27. The molecule has 0 aliphatic carbocycles. The van der Waals surface area contributed by atoms with Crippen LogP contribution in [0, 0.1) is 11.3 Å². The maximum Gasteiger partial charge on any atom is 0.136 e. The topological polar surface area (TPSA) is 44.0 Å². The van der Waals surface area contributed by atoms with Crippen molar-refractivity contribution in [3.05, 3.63) is 29.3 Å². The summed E-state index contributed by atoms with van der Waals surface area (Å²) in [7, 11) is 0. The average molecular weight is 175 g/mol. The Morgan fingerprint density at radius 2 is 2.23 bits per heavy atom. The molecule has 1 aromatic rings. The molecule has 1 unspecified atom stereocenters. The Morgan fingerprint density at radius 3 is 2.77 bits per heavy atom. The summed E-state index contributed by atoms with van der Waals surface area (Å²) in [6, 6.07) is 7.26. The lowest BCUT2D eigenvalue weighted by atomic mass is 9.96. The number of nitriles is 1. The molecule has 1 atom stereocenters. The SMILES string of the molecule is CCC(C)c1cccc(C#N)c1O. The van der Waals surface area contributed by atoms with Crippen LogP contribution in [0.4, 0.5) is 0 Å². The van der Waals surface area contributed by atoms with E-state index in [9.17, 15) is 5.11 Å². The highest BCUT2D eigenvalue weighted by molar-refractivity contribution is 5.48. The third-order valence-electron chi connectivity index (χ3n) is 2.33. The molecule has 0 fully saturated rings. The van der Waals surface area contributed by atoms with Gasteiger partial charge in [0.05, 0.1) is 5.56 Å². The minimum absolute atomic E-state index is 0.138. The van der Waals surface area contributed by atoms with Crippen LogP contribution in [0.3, 0.4) is 0 Å². The lowest BCUT2D eigenvalue weighted by Crippen LogP contribution is -1.93. The fraction of sp³-hybridized carbons (Fsp3) is 0.364. The van der Waals surface area contributed by atoms with Crippen molar-refractivity contribution in [2.24, 2.45) is 0 Å². The van der Waals surface area contributed by atoms with Gasteiger partial charge in [-0.2, -0.15) is 5.26 Å². The quantitative estimate of drug-likeness (QED) is 0.751. The summed E-state index contributed by atoms with van der Waals surface area (Å²) in [6.07, 6.45) is 0.961. The van der Waals surface area contributed by atoms with Gasteiger partial charge >= 0.3 is 0 Å². The van der Waals surface area contributed by atoms with Crippen molar-refractivity contribution in [1.82, 2.24) is 0 Å². The van der Waals surface area contributed by atoms with Gasteiger partial charge in [-0.25, -0.2) is 0 Å². The molecule has 2 nitrogen and oxygen atoms in total. The van der Waals surface area contributed by atoms with Crippen molar-refractivity contribution in [2.75, 3.05) is 0 Å². The second-order valence-electron chi connectivity index (χ2n) is 3.16. The number of rotatable bonds is 2. The van der Waals surface area contributed by atoms with E-state index in [4.69, 9.17) is 5.26 Å². The van der Waals surface area contributed by atoms with Gasteiger partial charge in [0, 0.05) is 0 Å². The average Bonchev–Trinajstić information content (AvgIpc) is 2.17. The molecule has 68 valence electrons. The van der Waals surface area contributed by atoms with E-state index in [2.05, 4.69) is 6.92 Å². The van der Waals surface area contributed by atoms with Crippen molar-refractivity contribution in [3.8, 4) is 11.8 Å². The number of hydrogen-bond acceptors (Lipinski definition) is 2. The Hall–Kier alpha value is -1.49. The van der Waals surface area contributed by atoms with Gasteiger partial charge in [-0.15, -0.1) is 0 Å². The van der Waals surface area contributed by atoms with E-state index in [0.717, 1.165) is 12.0 Å². The molecule has 0 aromatic heterocycles. The van der Waals surface area contributed by atoms with E-state index in [1.165, 1.54) is 0 Å². The number of hydrogen-bond donors (Lipinski definition) is 1. The first-order chi connectivity index (χ1) is 6.20. The predicted molar refractivity (Wildman–Crippen MR) is 51.5 cm³/mol. The molecule has 0 saturated carbocycles. The molecule has 0 saturated heterocycles. The van der Waals surface area contributed by atoms with Gasteiger partial charge in [-0.1, -0.05) is 26.0 Å². The van der Waals surface area contributed by atoms with Gasteiger partial charge in [-0.3, -0.25) is 0 Å². The molecule has 2 heteroatoms. The number of aromatic hydroxyl groups is 1. The zero-order chi connectivity index (χ0) is 9.84. The van der Waals surface area contributed by atoms with Crippen LogP contribution in [-0.4, -0.2) is 5.11 Å². The van der Waals surface area contributed by atoms with E-state index < -0.39 is 0 Å². The maximum absolute atomic E-state index is 9.67. The highest BCUT2D eigenvalue weighted by Gasteiger charge is 2.10. The zero-order valence-corrected chi connectivity index (χ0v) is 7.91. The lowest BCUT2D eigenvalue weighted by Gasteiger charge is -2.11. The molecule has 13 heavy (non-hydrogen) atoms. The van der Waals surface area contributed by atoms with Crippen molar-refractivity contribution < 1.29 is 5.11 Å². The lowest BCUT2D eigenvalue weighted by molar-refractivity contribution is 0.460. The van der Waals surface area contributed by atoms with Crippen LogP contribution in [0.1, 0.15) is 37.3 Å². The van der Waals surface area contributed by atoms with Crippen LogP contribution >= 0.6 is 0 Å². The third kappa shape index (κ3) is 1.81. The second-order valence-corrected chi connectivity index (χ2v) is 3.16. The molecule has 0 radical (unpaired) electrons. The first-order valence-electron chi connectivity index (χ1n) is 4.42. The highest BCUT2D eigenvalue weighted by Crippen LogP contribution is 2.30. The van der Waals surface area contributed by atoms with Crippen molar-refractivity contribution in [3.63, 3.8) is 0 Å².